The molecule has 2 aliphatic heterocycles. The Morgan fingerprint density at radius 2 is 1.80 bits per heavy atom. The molecule has 0 radical (unpaired) electrons. The van der Waals surface area contributed by atoms with Crippen LogP contribution in [-0.2, 0) is 30.8 Å². The molecule has 0 aliphatic carbocycles. The van der Waals surface area contributed by atoms with Crippen molar-refractivity contribution in [1.29, 1.82) is 0 Å². The summed E-state index contributed by atoms with van der Waals surface area (Å²) in [4.78, 5) is 59.0. The number of alkyl halides is 3. The molecule has 60 heavy (non-hydrogen) atoms. The average molecular weight is 860 g/mol. The summed E-state index contributed by atoms with van der Waals surface area (Å²) in [5.41, 5.74) is -0.858. The number of ether oxygens (including phenoxy) is 2. The topological polar surface area (TPSA) is 149 Å². The molecule has 19 heteroatoms. The van der Waals surface area contributed by atoms with Gasteiger partial charge in [-0.05, 0) is 72.6 Å². The Morgan fingerprint density at radius 1 is 1.02 bits per heavy atom. The van der Waals surface area contributed by atoms with Gasteiger partial charge in [-0.3, -0.25) is 14.4 Å². The Labute approximate surface area is 350 Å². The molecule has 1 N–H and O–H groups in total. The number of amides is 2. The number of aryl methyl sites for hydroxylation is 1. The van der Waals surface area contributed by atoms with Gasteiger partial charge in [-0.2, -0.15) is 22.7 Å². The Balaban J connectivity index is 1.09. The highest BCUT2D eigenvalue weighted by molar-refractivity contribution is 8.00. The monoisotopic (exact) mass is 859 g/mol. The van der Waals surface area contributed by atoms with E-state index in [1.807, 2.05) is 54.3 Å². The van der Waals surface area contributed by atoms with Gasteiger partial charge in [-0.25, -0.2) is 9.97 Å². The summed E-state index contributed by atoms with van der Waals surface area (Å²) in [5.74, 6) is 0.524. The maximum atomic E-state index is 14.5. The molecule has 6 aromatic rings. The van der Waals surface area contributed by atoms with Crippen molar-refractivity contribution in [2.45, 2.75) is 50.2 Å². The maximum Gasteiger partial charge on any atom is 0.446 e. The van der Waals surface area contributed by atoms with E-state index in [0.717, 1.165) is 22.9 Å². The van der Waals surface area contributed by atoms with Gasteiger partial charge in [-0.1, -0.05) is 48.9 Å². The van der Waals surface area contributed by atoms with E-state index in [4.69, 9.17) is 26.1 Å². The van der Waals surface area contributed by atoms with Crippen molar-refractivity contribution >= 4 is 52.3 Å². The molecule has 0 spiro atoms. The summed E-state index contributed by atoms with van der Waals surface area (Å²) in [6.07, 6.45) is 2.34. The number of nitrogens with zero attached hydrogens (tertiary/aromatic N) is 8. The SMILES string of the molecule is CCc1c(N2CCN(C(=O)c3ncnc(C)c3OCc3ccccc3)CC2)c(=O)n2nc(-c3ccc4c(c3)CCO4)nc2n1CC(=O)Nc1ccc(SC(F)(F)F)cc1Cl. The minimum Gasteiger partial charge on any atom is -0.493 e. The molecule has 14 nitrogen and oxygen atoms in total. The summed E-state index contributed by atoms with van der Waals surface area (Å²) in [6, 6.07) is 18.7. The minimum atomic E-state index is -4.51. The summed E-state index contributed by atoms with van der Waals surface area (Å²) in [6.45, 7) is 5.03. The Kier molecular flexibility index (Phi) is 11.4. The number of carbonyl (C=O) groups excluding carboxylic acids is 2. The van der Waals surface area contributed by atoms with Crippen LogP contribution >= 0.6 is 23.4 Å². The first-order valence-corrected chi connectivity index (χ1v) is 20.2. The fourth-order valence-electron chi connectivity index (χ4n) is 7.30. The summed E-state index contributed by atoms with van der Waals surface area (Å²) in [5, 5.41) is 7.26. The molecular weight excluding hydrogens is 823 g/mol. The highest BCUT2D eigenvalue weighted by Crippen LogP contribution is 2.39. The van der Waals surface area contributed by atoms with Crippen LogP contribution in [0.5, 0.6) is 11.5 Å². The molecule has 0 unspecified atom stereocenters. The van der Waals surface area contributed by atoms with Gasteiger partial charge in [-0.15, -0.1) is 5.10 Å². The van der Waals surface area contributed by atoms with Crippen molar-refractivity contribution in [3.05, 3.63) is 117 Å². The van der Waals surface area contributed by atoms with E-state index >= 15 is 0 Å². The number of hydrogen-bond acceptors (Lipinski definition) is 11. The van der Waals surface area contributed by atoms with Gasteiger partial charge in [0.15, 0.2) is 17.3 Å². The first-order chi connectivity index (χ1) is 28.9. The number of carbonyl (C=O) groups is 2. The molecular formula is C41H37ClF3N9O5S. The van der Waals surface area contributed by atoms with Crippen LogP contribution in [0.1, 0.15) is 39.9 Å². The predicted molar refractivity (Wildman–Crippen MR) is 219 cm³/mol. The number of piperazine rings is 1. The van der Waals surface area contributed by atoms with Gasteiger partial charge < -0.3 is 29.2 Å². The summed E-state index contributed by atoms with van der Waals surface area (Å²) >= 11 is 6.00. The lowest BCUT2D eigenvalue weighted by Crippen LogP contribution is -2.51. The molecule has 0 saturated carbocycles. The van der Waals surface area contributed by atoms with Crippen LogP contribution in [0.15, 0.2) is 82.7 Å². The Hall–Kier alpha value is -6.14. The van der Waals surface area contributed by atoms with Crippen molar-refractivity contribution in [1.82, 2.24) is 34.0 Å². The van der Waals surface area contributed by atoms with Crippen LogP contribution in [0.25, 0.3) is 17.2 Å². The Bertz CT molecular complexity index is 2670. The van der Waals surface area contributed by atoms with Crippen LogP contribution in [0.2, 0.25) is 5.02 Å². The van der Waals surface area contributed by atoms with Crippen LogP contribution in [0, 0.1) is 6.92 Å². The lowest BCUT2D eigenvalue weighted by atomic mass is 10.1. The zero-order valence-corrected chi connectivity index (χ0v) is 33.9. The van der Waals surface area contributed by atoms with Crippen LogP contribution < -0.4 is 25.2 Å². The second-order valence-corrected chi connectivity index (χ2v) is 15.6. The third kappa shape index (κ3) is 8.47. The smallest absolute Gasteiger partial charge is 0.446 e. The van der Waals surface area contributed by atoms with Crippen molar-refractivity contribution in [2.75, 3.05) is 43.0 Å². The van der Waals surface area contributed by atoms with Gasteiger partial charge in [0, 0.05) is 43.1 Å². The fraction of sp³-hybridized carbons (Fsp3) is 0.293. The molecule has 1 fully saturated rings. The number of anilines is 2. The minimum absolute atomic E-state index is 0.0798. The van der Waals surface area contributed by atoms with Gasteiger partial charge >= 0.3 is 5.51 Å². The van der Waals surface area contributed by atoms with Gasteiger partial charge in [0.05, 0.1) is 28.7 Å². The van der Waals surface area contributed by atoms with Crippen molar-refractivity contribution in [3.63, 3.8) is 0 Å². The van der Waals surface area contributed by atoms with E-state index in [2.05, 4.69) is 20.4 Å². The number of thioether (sulfide) groups is 1. The number of fused-ring (bicyclic) bond motifs is 2. The van der Waals surface area contributed by atoms with Crippen LogP contribution in [-0.4, -0.2) is 84.1 Å². The van der Waals surface area contributed by atoms with Gasteiger partial charge in [0.1, 0.15) is 30.9 Å². The van der Waals surface area contributed by atoms with Crippen LogP contribution in [0.3, 0.4) is 0 Å². The van der Waals surface area contributed by atoms with Gasteiger partial charge in [0.2, 0.25) is 11.7 Å². The Morgan fingerprint density at radius 3 is 2.53 bits per heavy atom. The number of hydrogen-bond donors (Lipinski definition) is 1. The first-order valence-electron chi connectivity index (χ1n) is 19.0. The highest BCUT2D eigenvalue weighted by atomic mass is 35.5. The number of rotatable bonds is 11. The van der Waals surface area contributed by atoms with E-state index in [9.17, 15) is 27.6 Å². The highest BCUT2D eigenvalue weighted by Gasteiger charge is 2.32. The van der Waals surface area contributed by atoms with E-state index in [-0.39, 0.29) is 89.9 Å². The van der Waals surface area contributed by atoms with E-state index in [1.165, 1.54) is 23.0 Å². The maximum absolute atomic E-state index is 14.5. The second kappa shape index (κ2) is 16.8. The number of halogens is 4. The molecule has 310 valence electrons. The molecule has 2 aliphatic rings. The predicted octanol–water partition coefficient (Wildman–Crippen LogP) is 6.60. The lowest BCUT2D eigenvalue weighted by molar-refractivity contribution is -0.116. The average Bonchev–Trinajstić information content (AvgIpc) is 3.90. The van der Waals surface area contributed by atoms with E-state index in [0.29, 0.717) is 47.8 Å². The fourth-order valence-corrected chi connectivity index (χ4v) is 8.18. The molecule has 2 amide bonds. The van der Waals surface area contributed by atoms with E-state index in [1.54, 1.807) is 22.5 Å². The third-order valence-corrected chi connectivity index (χ3v) is 11.2. The lowest BCUT2D eigenvalue weighted by Gasteiger charge is -2.36. The first kappa shape index (κ1) is 40.6. The third-order valence-electron chi connectivity index (χ3n) is 10.2. The summed E-state index contributed by atoms with van der Waals surface area (Å²) in [7, 11) is 0. The van der Waals surface area contributed by atoms with E-state index < -0.39 is 17.0 Å². The summed E-state index contributed by atoms with van der Waals surface area (Å²) < 4.78 is 53.5. The number of benzene rings is 3. The number of aromatic nitrogens is 6. The van der Waals surface area contributed by atoms with Crippen molar-refractivity contribution < 1.29 is 32.2 Å². The van der Waals surface area contributed by atoms with Crippen molar-refractivity contribution in [2.24, 2.45) is 0 Å². The molecule has 0 atom stereocenters. The van der Waals surface area contributed by atoms with Crippen molar-refractivity contribution in [3.8, 4) is 22.9 Å². The standard InChI is InChI=1S/C41H37ClF3N9O5S/c1-3-31-35(51-14-16-52(17-15-51)38(56)34-36(24(2)46-23-47-34)59-22-25-7-5-4-6-8-25)39(57)54-40(49-37(50-54)27-9-12-32-26(19-27)13-18-58-32)53(31)21-33(55)48-30-11-10-28(20-29(30)42)60-41(43,44)45/h4-12,19-20,23H,3,13-18,21-22H2,1-2H3,(H,48,55). The molecule has 0 bridgehead atoms. The molecule has 5 heterocycles. The normalized spacial score (nSPS) is 14.0. The largest absolute Gasteiger partial charge is 0.493 e. The second-order valence-electron chi connectivity index (χ2n) is 14.0. The molecule has 3 aromatic heterocycles. The quantitative estimate of drug-likeness (QED) is 0.141. The molecule has 8 rings (SSSR count). The zero-order valence-electron chi connectivity index (χ0n) is 32.3. The molecule has 1 saturated heterocycles. The van der Waals surface area contributed by atoms with Crippen LogP contribution in [0.4, 0.5) is 24.5 Å². The number of nitrogens with one attached hydrogen (secondary N) is 1. The van der Waals surface area contributed by atoms with Gasteiger partial charge in [0.25, 0.3) is 11.5 Å². The zero-order chi connectivity index (χ0) is 42.1. The molecule has 3 aromatic carbocycles.